The van der Waals surface area contributed by atoms with Crippen LogP contribution in [0, 0.1) is 0 Å². The Bertz CT molecular complexity index is 874. The second-order valence-electron chi connectivity index (χ2n) is 6.85. The van der Waals surface area contributed by atoms with Crippen LogP contribution in [0.1, 0.15) is 43.0 Å². The first kappa shape index (κ1) is 19.7. The summed E-state index contributed by atoms with van der Waals surface area (Å²) < 4.78 is 5.19. The minimum absolute atomic E-state index is 0.0275. The molecule has 146 valence electrons. The van der Waals surface area contributed by atoms with Gasteiger partial charge in [-0.3, -0.25) is 9.59 Å². The zero-order chi connectivity index (χ0) is 20.1. The van der Waals surface area contributed by atoms with Gasteiger partial charge in [0.05, 0.1) is 19.6 Å². The summed E-state index contributed by atoms with van der Waals surface area (Å²) in [5.74, 6) is 0.752. The van der Waals surface area contributed by atoms with Crippen LogP contribution in [0.15, 0.2) is 54.7 Å². The van der Waals surface area contributed by atoms with E-state index in [0.717, 1.165) is 22.4 Å². The average Bonchev–Trinajstić information content (AvgIpc) is 2.72. The topological polar surface area (TPSA) is 49.9 Å². The molecule has 28 heavy (non-hydrogen) atoms. The summed E-state index contributed by atoms with van der Waals surface area (Å²) in [5.41, 5.74) is 3.11. The van der Waals surface area contributed by atoms with E-state index in [-0.39, 0.29) is 24.3 Å². The molecule has 1 aliphatic heterocycles. The molecule has 1 unspecified atom stereocenters. The van der Waals surface area contributed by atoms with Crippen LogP contribution in [-0.2, 0) is 16.1 Å². The van der Waals surface area contributed by atoms with Gasteiger partial charge in [0, 0.05) is 26.2 Å². The first-order chi connectivity index (χ1) is 13.5. The summed E-state index contributed by atoms with van der Waals surface area (Å²) in [7, 11) is 1.63. The summed E-state index contributed by atoms with van der Waals surface area (Å²) in [6.07, 6.45) is 3.96. The van der Waals surface area contributed by atoms with Crippen molar-refractivity contribution in [3.05, 3.63) is 71.4 Å². The third kappa shape index (κ3) is 4.25. The number of fused-ring (bicyclic) bond motifs is 1. The molecular formula is C23H26N2O3. The average molecular weight is 378 g/mol. The summed E-state index contributed by atoms with van der Waals surface area (Å²) in [5, 5.41) is 0. The number of benzene rings is 2. The molecule has 3 rings (SSSR count). The highest BCUT2D eigenvalue weighted by Gasteiger charge is 2.29. The predicted octanol–water partition coefficient (Wildman–Crippen LogP) is 4.01. The molecule has 0 saturated carbocycles. The van der Waals surface area contributed by atoms with Crippen molar-refractivity contribution >= 4 is 17.9 Å². The van der Waals surface area contributed by atoms with Crippen LogP contribution < -0.4 is 4.74 Å². The number of carbonyl (C=O) groups excluding carboxylic acids is 2. The number of amides is 2. The molecule has 0 aromatic heterocycles. The van der Waals surface area contributed by atoms with E-state index < -0.39 is 0 Å². The maximum atomic E-state index is 13.1. The fourth-order valence-corrected chi connectivity index (χ4v) is 3.54. The number of nitrogens with zero attached hydrogens (tertiary/aromatic N) is 2. The van der Waals surface area contributed by atoms with Gasteiger partial charge in [0.15, 0.2) is 0 Å². The maximum absolute atomic E-state index is 13.1. The molecule has 0 aliphatic carbocycles. The van der Waals surface area contributed by atoms with Crippen LogP contribution in [-0.4, -0.2) is 35.3 Å². The van der Waals surface area contributed by atoms with Crippen LogP contribution in [0.25, 0.3) is 6.08 Å². The number of hydrogen-bond donors (Lipinski definition) is 0. The van der Waals surface area contributed by atoms with Crippen molar-refractivity contribution < 1.29 is 14.3 Å². The minimum Gasteiger partial charge on any atom is -0.497 e. The van der Waals surface area contributed by atoms with E-state index in [2.05, 4.69) is 0 Å². The Morgan fingerprint density at radius 3 is 2.46 bits per heavy atom. The molecule has 0 saturated heterocycles. The molecule has 2 aromatic carbocycles. The van der Waals surface area contributed by atoms with Gasteiger partial charge in [0.2, 0.25) is 11.8 Å². The number of rotatable bonds is 6. The van der Waals surface area contributed by atoms with E-state index in [9.17, 15) is 9.59 Å². The lowest BCUT2D eigenvalue weighted by atomic mass is 9.93. The molecule has 0 N–H and O–H groups in total. The fraction of sp³-hybridized carbons (Fsp3) is 0.304. The second kappa shape index (κ2) is 8.74. The Morgan fingerprint density at radius 2 is 1.82 bits per heavy atom. The van der Waals surface area contributed by atoms with Crippen LogP contribution in [0.3, 0.4) is 0 Å². The van der Waals surface area contributed by atoms with E-state index in [0.29, 0.717) is 13.1 Å². The molecule has 1 heterocycles. The van der Waals surface area contributed by atoms with Crippen LogP contribution in [0.2, 0.25) is 0 Å². The number of methoxy groups -OCH3 is 1. The van der Waals surface area contributed by atoms with Crippen LogP contribution in [0.4, 0.5) is 0 Å². The Kier molecular flexibility index (Phi) is 6.14. The molecule has 0 radical (unpaired) electrons. The normalized spacial score (nSPS) is 15.1. The van der Waals surface area contributed by atoms with E-state index in [1.54, 1.807) is 18.2 Å². The molecule has 0 fully saturated rings. The zero-order valence-corrected chi connectivity index (χ0v) is 16.6. The molecule has 1 aliphatic rings. The third-order valence-electron chi connectivity index (χ3n) is 5.10. The molecule has 0 spiro atoms. The smallest absolute Gasteiger partial charge is 0.225 e. The summed E-state index contributed by atoms with van der Waals surface area (Å²) >= 11 is 0. The summed E-state index contributed by atoms with van der Waals surface area (Å²) in [6, 6.07) is 15.4. The second-order valence-corrected chi connectivity index (χ2v) is 6.85. The number of ether oxygens (including phenoxy) is 1. The van der Waals surface area contributed by atoms with E-state index >= 15 is 0 Å². The van der Waals surface area contributed by atoms with Crippen molar-refractivity contribution in [2.75, 3.05) is 13.7 Å². The van der Waals surface area contributed by atoms with Gasteiger partial charge in [0.25, 0.3) is 0 Å². The van der Waals surface area contributed by atoms with E-state index in [4.69, 9.17) is 4.74 Å². The summed E-state index contributed by atoms with van der Waals surface area (Å²) in [4.78, 5) is 28.7. The number of hydrogen-bond acceptors (Lipinski definition) is 3. The Labute approximate surface area is 166 Å². The van der Waals surface area contributed by atoms with E-state index in [1.807, 2.05) is 66.4 Å². The first-order valence-electron chi connectivity index (χ1n) is 9.50. The lowest BCUT2D eigenvalue weighted by molar-refractivity contribution is -0.135. The molecule has 2 aromatic rings. The highest BCUT2D eigenvalue weighted by atomic mass is 16.5. The number of carbonyl (C=O) groups is 2. The van der Waals surface area contributed by atoms with Gasteiger partial charge in [0.1, 0.15) is 5.75 Å². The van der Waals surface area contributed by atoms with Crippen molar-refractivity contribution in [1.29, 1.82) is 0 Å². The van der Waals surface area contributed by atoms with Crippen molar-refractivity contribution in [1.82, 2.24) is 9.80 Å². The van der Waals surface area contributed by atoms with Gasteiger partial charge in [-0.15, -0.1) is 0 Å². The Balaban J connectivity index is 1.78. The largest absolute Gasteiger partial charge is 0.497 e. The Morgan fingerprint density at radius 1 is 1.11 bits per heavy atom. The quantitative estimate of drug-likeness (QED) is 0.763. The third-order valence-corrected chi connectivity index (χ3v) is 5.10. The standard InChI is InChI=1S/C23H26N2O3/c1-4-24(16-18-9-11-20(28-3)12-10-18)23(27)15-22-21-8-6-5-7-19(21)13-14-25(22)17(2)26/h5-14,22H,4,15-16H2,1-3H3. The molecular weight excluding hydrogens is 352 g/mol. The van der Waals surface area contributed by atoms with Crippen molar-refractivity contribution in [2.45, 2.75) is 32.9 Å². The van der Waals surface area contributed by atoms with Gasteiger partial charge >= 0.3 is 0 Å². The molecule has 2 amide bonds. The molecule has 5 heteroatoms. The van der Waals surface area contributed by atoms with Gasteiger partial charge < -0.3 is 14.5 Å². The van der Waals surface area contributed by atoms with E-state index in [1.165, 1.54) is 6.92 Å². The lowest BCUT2D eigenvalue weighted by Gasteiger charge is -2.33. The zero-order valence-electron chi connectivity index (χ0n) is 16.6. The first-order valence-corrected chi connectivity index (χ1v) is 9.50. The summed E-state index contributed by atoms with van der Waals surface area (Å²) in [6.45, 7) is 4.64. The Hall–Kier alpha value is -3.08. The molecule has 1 atom stereocenters. The highest BCUT2D eigenvalue weighted by molar-refractivity contribution is 5.82. The van der Waals surface area contributed by atoms with Crippen molar-refractivity contribution in [3.8, 4) is 5.75 Å². The SMILES string of the molecule is CCN(Cc1ccc(OC)cc1)C(=O)CC1c2ccccc2C=CN1C(C)=O. The lowest BCUT2D eigenvalue weighted by Crippen LogP contribution is -2.37. The molecule has 0 bridgehead atoms. The van der Waals surface area contributed by atoms with Crippen molar-refractivity contribution in [2.24, 2.45) is 0 Å². The van der Waals surface area contributed by atoms with Gasteiger partial charge in [-0.25, -0.2) is 0 Å². The fourth-order valence-electron chi connectivity index (χ4n) is 3.54. The minimum atomic E-state index is -0.281. The van der Waals surface area contributed by atoms with Gasteiger partial charge in [-0.2, -0.15) is 0 Å². The van der Waals surface area contributed by atoms with Crippen LogP contribution >= 0.6 is 0 Å². The maximum Gasteiger partial charge on any atom is 0.225 e. The van der Waals surface area contributed by atoms with Crippen LogP contribution in [0.5, 0.6) is 5.75 Å². The van der Waals surface area contributed by atoms with Crippen molar-refractivity contribution in [3.63, 3.8) is 0 Å². The predicted molar refractivity (Wildman–Crippen MR) is 109 cm³/mol. The van der Waals surface area contributed by atoms with Gasteiger partial charge in [-0.1, -0.05) is 36.4 Å². The molecule has 5 nitrogen and oxygen atoms in total. The highest BCUT2D eigenvalue weighted by Crippen LogP contribution is 2.33. The van der Waals surface area contributed by atoms with Gasteiger partial charge in [-0.05, 0) is 41.8 Å². The monoisotopic (exact) mass is 378 g/mol.